The van der Waals surface area contributed by atoms with Gasteiger partial charge in [-0.2, -0.15) is 0 Å². The van der Waals surface area contributed by atoms with E-state index in [4.69, 9.17) is 4.74 Å². The molecule has 1 unspecified atom stereocenters. The van der Waals surface area contributed by atoms with Gasteiger partial charge >= 0.3 is 6.09 Å². The van der Waals surface area contributed by atoms with Gasteiger partial charge in [0.2, 0.25) is 0 Å². The Morgan fingerprint density at radius 3 is 2.47 bits per heavy atom. The van der Waals surface area contributed by atoms with Gasteiger partial charge in [-0.05, 0) is 51.5 Å². The van der Waals surface area contributed by atoms with Crippen molar-refractivity contribution in [2.75, 3.05) is 37.6 Å². The molecule has 0 radical (unpaired) electrons. The van der Waals surface area contributed by atoms with E-state index in [1.807, 2.05) is 23.8 Å². The minimum atomic E-state index is -0.596. The number of amides is 2. The number of rotatable bonds is 6. The SMILES string of the molecule is CCn1ccc2cc(C(=O)NCC(C)c3cc(F)c(N4CCN(C(=O)OC(C)(C)C)CC4)cc3F)cnc21. The predicted molar refractivity (Wildman–Crippen MR) is 143 cm³/mol. The number of pyridine rings is 1. The molecule has 1 fully saturated rings. The smallest absolute Gasteiger partial charge is 0.410 e. The summed E-state index contributed by atoms with van der Waals surface area (Å²) in [7, 11) is 0. The van der Waals surface area contributed by atoms with E-state index in [-0.39, 0.29) is 23.7 Å². The molecule has 1 saturated heterocycles. The van der Waals surface area contributed by atoms with E-state index in [0.29, 0.717) is 31.7 Å². The van der Waals surface area contributed by atoms with Crippen LogP contribution in [0.5, 0.6) is 0 Å². The van der Waals surface area contributed by atoms with Crippen molar-refractivity contribution in [1.29, 1.82) is 0 Å². The van der Waals surface area contributed by atoms with Gasteiger partial charge in [0.05, 0.1) is 11.3 Å². The molecule has 0 bridgehead atoms. The van der Waals surface area contributed by atoms with Crippen LogP contribution in [0.1, 0.15) is 56.5 Å². The third kappa shape index (κ3) is 6.06. The maximum atomic E-state index is 15.1. The topological polar surface area (TPSA) is 79.7 Å². The van der Waals surface area contributed by atoms with Gasteiger partial charge in [0.1, 0.15) is 22.9 Å². The lowest BCUT2D eigenvalue weighted by Crippen LogP contribution is -2.50. The second-order valence-electron chi connectivity index (χ2n) is 10.6. The highest BCUT2D eigenvalue weighted by molar-refractivity contribution is 5.97. The molecule has 3 heterocycles. The van der Waals surface area contributed by atoms with Gasteiger partial charge in [0.25, 0.3) is 5.91 Å². The summed E-state index contributed by atoms with van der Waals surface area (Å²) in [5.41, 5.74) is 0.964. The molecule has 4 rings (SSSR count). The first kappa shape index (κ1) is 27.3. The van der Waals surface area contributed by atoms with Gasteiger partial charge in [-0.15, -0.1) is 0 Å². The van der Waals surface area contributed by atoms with E-state index in [2.05, 4.69) is 10.3 Å². The highest BCUT2D eigenvalue weighted by atomic mass is 19.1. The molecule has 1 atom stereocenters. The Hall–Kier alpha value is -3.69. The van der Waals surface area contributed by atoms with Crippen LogP contribution in [0.3, 0.4) is 0 Å². The van der Waals surface area contributed by atoms with Crippen LogP contribution in [0.2, 0.25) is 0 Å². The van der Waals surface area contributed by atoms with Gasteiger partial charge in [-0.3, -0.25) is 4.79 Å². The standard InChI is InChI=1S/C28H35F2N5O3/c1-6-33-8-7-19-13-20(17-31-25(19)33)26(36)32-16-18(2)21-14-23(30)24(15-22(21)29)34-9-11-35(12-10-34)27(37)38-28(3,4)5/h7-8,13-15,17-18H,6,9-12,16H2,1-5H3,(H,32,36). The average Bonchev–Trinajstić information content (AvgIpc) is 3.29. The Bertz CT molecular complexity index is 1330. The largest absolute Gasteiger partial charge is 0.444 e. The molecule has 3 aromatic rings. The van der Waals surface area contributed by atoms with Crippen molar-refractivity contribution in [1.82, 2.24) is 19.8 Å². The fourth-order valence-corrected chi connectivity index (χ4v) is 4.54. The first-order valence-corrected chi connectivity index (χ1v) is 12.9. The maximum Gasteiger partial charge on any atom is 0.410 e. The van der Waals surface area contributed by atoms with Gasteiger partial charge in [-0.1, -0.05) is 6.92 Å². The minimum Gasteiger partial charge on any atom is -0.444 e. The molecule has 1 aliphatic rings. The summed E-state index contributed by atoms with van der Waals surface area (Å²) in [5, 5.41) is 3.67. The number of aryl methyl sites for hydroxylation is 1. The molecule has 10 heteroatoms. The number of hydrogen-bond donors (Lipinski definition) is 1. The quantitative estimate of drug-likeness (QED) is 0.492. The normalized spacial score (nSPS) is 15.0. The number of halogens is 2. The molecule has 204 valence electrons. The van der Waals surface area contributed by atoms with E-state index in [9.17, 15) is 9.59 Å². The fraction of sp³-hybridized carbons (Fsp3) is 0.464. The van der Waals surface area contributed by atoms with Crippen molar-refractivity contribution in [3.05, 3.63) is 59.4 Å². The number of benzene rings is 1. The number of piperazine rings is 1. The molecule has 0 aliphatic carbocycles. The Labute approximate surface area is 221 Å². The Balaban J connectivity index is 1.37. The summed E-state index contributed by atoms with van der Waals surface area (Å²) in [6, 6.07) is 6.07. The van der Waals surface area contributed by atoms with Crippen LogP contribution in [-0.2, 0) is 11.3 Å². The first-order chi connectivity index (χ1) is 18.0. The Kier molecular flexibility index (Phi) is 7.89. The number of hydrogen-bond acceptors (Lipinski definition) is 5. The van der Waals surface area contributed by atoms with Crippen LogP contribution in [0.4, 0.5) is 19.3 Å². The average molecular weight is 528 g/mol. The zero-order valence-electron chi connectivity index (χ0n) is 22.6. The third-order valence-electron chi connectivity index (χ3n) is 6.64. The molecule has 2 amide bonds. The second kappa shape index (κ2) is 11.0. The van der Waals surface area contributed by atoms with Crippen LogP contribution in [0, 0.1) is 11.6 Å². The molecule has 38 heavy (non-hydrogen) atoms. The summed E-state index contributed by atoms with van der Waals surface area (Å²) < 4.78 is 37.5. The minimum absolute atomic E-state index is 0.136. The zero-order valence-corrected chi connectivity index (χ0v) is 22.6. The van der Waals surface area contributed by atoms with E-state index < -0.39 is 29.2 Å². The van der Waals surface area contributed by atoms with Crippen molar-refractivity contribution in [2.45, 2.75) is 52.7 Å². The molecular formula is C28H35F2N5O3. The lowest BCUT2D eigenvalue weighted by atomic mass is 9.99. The number of fused-ring (bicyclic) bond motifs is 1. The maximum absolute atomic E-state index is 15.1. The first-order valence-electron chi connectivity index (χ1n) is 12.9. The predicted octanol–water partition coefficient (Wildman–Crippen LogP) is 4.93. The van der Waals surface area contributed by atoms with Gasteiger partial charge < -0.3 is 24.4 Å². The highest BCUT2D eigenvalue weighted by Crippen LogP contribution is 2.28. The summed E-state index contributed by atoms with van der Waals surface area (Å²) in [6.07, 6.45) is 3.03. The molecule has 1 N–H and O–H groups in total. The number of nitrogens with one attached hydrogen (secondary N) is 1. The van der Waals surface area contributed by atoms with E-state index in [1.54, 1.807) is 43.6 Å². The Morgan fingerprint density at radius 1 is 1.11 bits per heavy atom. The monoisotopic (exact) mass is 527 g/mol. The molecule has 0 saturated carbocycles. The summed E-state index contributed by atoms with van der Waals surface area (Å²) in [5.74, 6) is -1.86. The zero-order chi connectivity index (χ0) is 27.6. The van der Waals surface area contributed by atoms with E-state index >= 15 is 8.78 Å². The number of anilines is 1. The van der Waals surface area contributed by atoms with Gasteiger partial charge in [0, 0.05) is 69.0 Å². The summed E-state index contributed by atoms with van der Waals surface area (Å²) in [6.45, 7) is 11.5. The van der Waals surface area contributed by atoms with Crippen molar-refractivity contribution in [3.8, 4) is 0 Å². The summed E-state index contributed by atoms with van der Waals surface area (Å²) in [4.78, 5) is 32.7. The van der Waals surface area contributed by atoms with Crippen LogP contribution in [-0.4, -0.2) is 64.8 Å². The Morgan fingerprint density at radius 2 is 1.82 bits per heavy atom. The molecule has 0 spiro atoms. The number of carbonyl (C=O) groups is 2. The molecular weight excluding hydrogens is 492 g/mol. The second-order valence-corrected chi connectivity index (χ2v) is 10.6. The lowest BCUT2D eigenvalue weighted by Gasteiger charge is -2.37. The van der Waals surface area contributed by atoms with Crippen LogP contribution in [0.25, 0.3) is 11.0 Å². The molecule has 2 aromatic heterocycles. The molecule has 1 aliphatic heterocycles. The van der Waals surface area contributed by atoms with Crippen molar-refractivity contribution in [2.24, 2.45) is 0 Å². The van der Waals surface area contributed by atoms with Crippen LogP contribution in [0.15, 0.2) is 36.7 Å². The number of aromatic nitrogens is 2. The third-order valence-corrected chi connectivity index (χ3v) is 6.64. The van der Waals surface area contributed by atoms with Gasteiger partial charge in [0.15, 0.2) is 0 Å². The lowest BCUT2D eigenvalue weighted by molar-refractivity contribution is 0.0240. The van der Waals surface area contributed by atoms with Gasteiger partial charge in [-0.25, -0.2) is 18.6 Å². The summed E-state index contributed by atoms with van der Waals surface area (Å²) >= 11 is 0. The van der Waals surface area contributed by atoms with Crippen molar-refractivity contribution < 1.29 is 23.1 Å². The van der Waals surface area contributed by atoms with Crippen molar-refractivity contribution in [3.63, 3.8) is 0 Å². The molecule has 8 nitrogen and oxygen atoms in total. The van der Waals surface area contributed by atoms with E-state index in [1.165, 1.54) is 18.3 Å². The van der Waals surface area contributed by atoms with Crippen LogP contribution < -0.4 is 10.2 Å². The van der Waals surface area contributed by atoms with E-state index in [0.717, 1.165) is 17.6 Å². The molecule has 1 aromatic carbocycles. The number of ether oxygens (including phenoxy) is 1. The number of nitrogens with zero attached hydrogens (tertiary/aromatic N) is 4. The van der Waals surface area contributed by atoms with Crippen molar-refractivity contribution >= 4 is 28.7 Å². The highest BCUT2D eigenvalue weighted by Gasteiger charge is 2.28. The van der Waals surface area contributed by atoms with Crippen LogP contribution >= 0.6 is 0 Å². The fourth-order valence-electron chi connectivity index (χ4n) is 4.54. The number of carbonyl (C=O) groups excluding carboxylic acids is 2.